The Morgan fingerprint density at radius 3 is 2.10 bits per heavy atom. The molecule has 25 atom stereocenters. The van der Waals surface area contributed by atoms with Crippen molar-refractivity contribution in [1.82, 2.24) is 0 Å². The van der Waals surface area contributed by atoms with E-state index in [2.05, 4.69) is 40.7 Å². The maximum absolute atomic E-state index is 15.1. The molecule has 380 valence electrons. The van der Waals surface area contributed by atoms with Crippen LogP contribution in [0, 0.1) is 50.2 Å². The van der Waals surface area contributed by atoms with Crippen molar-refractivity contribution in [3.8, 4) is 0 Å². The quantitative estimate of drug-likeness (QED) is 0.0731. The summed E-state index contributed by atoms with van der Waals surface area (Å²) in [4.78, 5) is 29.3. The van der Waals surface area contributed by atoms with Gasteiger partial charge in [0.2, 0.25) is 6.29 Å². The maximum atomic E-state index is 15.1. The van der Waals surface area contributed by atoms with E-state index < -0.39 is 175 Å². The zero-order chi connectivity index (χ0) is 48.7. The Kier molecular flexibility index (Phi) is 12.8. The van der Waals surface area contributed by atoms with E-state index in [1.165, 1.54) is 6.92 Å². The SMILES string of the molecule is C[C@@H]1O[C@@H](O[C@H]2[C@H](OC(=O)[C@]34CCC(C)(C)C[C@H]3C3=CC[C@@H]5[C@@]6(C)CC7OC(=O)[C@@](CO)([C@@H]6CC[C@@]5(C)[C@]3(C)C[C@H]4O)[C@H]7O[C@@H]3O[C@H](CO)[C@@H](O)[C@H](O)[C@H]3O)OC[C@H](O)[C@H]2O)[C@H](O)[C@H](O)[C@H]1O. The van der Waals surface area contributed by atoms with E-state index in [1.54, 1.807) is 0 Å². The fraction of sp³-hybridized carbons (Fsp3) is 0.915. The zero-order valence-corrected chi connectivity index (χ0v) is 39.0. The van der Waals surface area contributed by atoms with Crippen LogP contribution in [0.5, 0.6) is 0 Å². The van der Waals surface area contributed by atoms with Gasteiger partial charge < -0.3 is 89.3 Å². The van der Waals surface area contributed by atoms with Crippen LogP contribution in [-0.2, 0) is 42.7 Å². The summed E-state index contributed by atoms with van der Waals surface area (Å²) < 4.78 is 41.6. The van der Waals surface area contributed by atoms with Gasteiger partial charge in [-0.2, -0.15) is 0 Å². The van der Waals surface area contributed by atoms with Gasteiger partial charge in [-0.25, -0.2) is 0 Å². The molecule has 9 rings (SSSR count). The van der Waals surface area contributed by atoms with Gasteiger partial charge in [-0.3, -0.25) is 9.59 Å². The summed E-state index contributed by atoms with van der Waals surface area (Å²) in [5, 5.41) is 119. The fourth-order valence-corrected chi connectivity index (χ4v) is 15.2. The molecule has 2 bridgehead atoms. The van der Waals surface area contributed by atoms with Crippen molar-refractivity contribution >= 4 is 11.9 Å². The Morgan fingerprint density at radius 2 is 1.43 bits per heavy atom. The topological polar surface area (TPSA) is 321 Å². The Labute approximate surface area is 389 Å². The molecule has 9 aliphatic rings. The third-order valence-corrected chi connectivity index (χ3v) is 19.2. The number of aliphatic hydroxyl groups is 11. The summed E-state index contributed by atoms with van der Waals surface area (Å²) in [5.74, 6) is -2.57. The molecule has 8 fully saturated rings. The number of carbonyl (C=O) groups is 2. The Morgan fingerprint density at radius 1 is 0.761 bits per heavy atom. The molecule has 4 saturated heterocycles. The van der Waals surface area contributed by atoms with Crippen molar-refractivity contribution in [1.29, 1.82) is 0 Å². The third kappa shape index (κ3) is 7.12. The first-order valence-electron chi connectivity index (χ1n) is 24.1. The minimum Gasteiger partial charge on any atom is -0.459 e. The molecule has 0 amide bonds. The van der Waals surface area contributed by atoms with Crippen LogP contribution in [0.25, 0.3) is 0 Å². The lowest BCUT2D eigenvalue weighted by Crippen LogP contribution is -2.70. The predicted octanol–water partition coefficient (Wildman–Crippen LogP) is -1.73. The van der Waals surface area contributed by atoms with Gasteiger partial charge in [0.05, 0.1) is 32.0 Å². The van der Waals surface area contributed by atoms with Crippen molar-refractivity contribution in [3.05, 3.63) is 11.6 Å². The molecular weight excluding hydrogens is 884 g/mol. The summed E-state index contributed by atoms with van der Waals surface area (Å²) in [5.41, 5.74) is -4.20. The molecule has 5 aliphatic carbocycles. The van der Waals surface area contributed by atoms with Crippen molar-refractivity contribution in [2.24, 2.45) is 50.2 Å². The van der Waals surface area contributed by atoms with Crippen LogP contribution in [0.15, 0.2) is 11.6 Å². The molecule has 4 heterocycles. The lowest BCUT2D eigenvalue weighted by atomic mass is 9.33. The van der Waals surface area contributed by atoms with Gasteiger partial charge in [0.25, 0.3) is 0 Å². The Balaban J connectivity index is 1.02. The van der Waals surface area contributed by atoms with E-state index in [9.17, 15) is 61.0 Å². The van der Waals surface area contributed by atoms with E-state index >= 15 is 4.79 Å². The zero-order valence-electron chi connectivity index (χ0n) is 39.0. The van der Waals surface area contributed by atoms with Crippen molar-refractivity contribution in [2.75, 3.05) is 19.8 Å². The maximum Gasteiger partial charge on any atom is 0.317 e. The second-order valence-electron chi connectivity index (χ2n) is 23.0. The number of fused-ring (bicyclic) bond motifs is 10. The standard InChI is InChI=1S/C47H72O20/c1-19-28(52)31(55)33(57)37(62-19)65-35-29(53)22(50)17-61-39(35)67-40(59)46-12-11-42(2,3)13-21(46)20-7-8-25-43(4)14-23-36(66-38-34(58)32(56)30(54)24(16-48)63-38)47(18-49,41(60)64-23)26(43)9-10-44(25,5)45(20,6)15-27(46)51/h7,19,21-39,48-58H,8-18H2,1-6H3/t19-,21-,22-,23?,24+,25+,26+,27+,28-,29+,30+,31+,32-,33+,34+,35+,36-,37-,38-,39-,43+,44+,45+,46+,47-/m0/s1. The third-order valence-electron chi connectivity index (χ3n) is 19.2. The summed E-state index contributed by atoms with van der Waals surface area (Å²) in [6.07, 6.45) is -19.5. The van der Waals surface area contributed by atoms with Gasteiger partial charge in [0, 0.05) is 0 Å². The molecule has 20 heteroatoms. The normalized spacial score (nSPS) is 55.8. The highest BCUT2D eigenvalue weighted by Crippen LogP contribution is 2.77. The van der Waals surface area contributed by atoms with Crippen LogP contribution in [0.4, 0.5) is 0 Å². The van der Waals surface area contributed by atoms with Crippen LogP contribution in [-0.4, -0.2) is 192 Å². The highest BCUT2D eigenvalue weighted by molar-refractivity contribution is 5.82. The molecule has 1 unspecified atom stereocenters. The van der Waals surface area contributed by atoms with Gasteiger partial charge in [-0.15, -0.1) is 0 Å². The van der Waals surface area contributed by atoms with E-state index in [0.29, 0.717) is 38.5 Å². The minimum atomic E-state index is -1.77. The van der Waals surface area contributed by atoms with Crippen LogP contribution >= 0.6 is 0 Å². The lowest BCUT2D eigenvalue weighted by molar-refractivity contribution is -0.350. The molecular formula is C47H72O20. The Bertz CT molecular complexity index is 1930. The van der Waals surface area contributed by atoms with Crippen LogP contribution in [0.2, 0.25) is 0 Å². The largest absolute Gasteiger partial charge is 0.459 e. The summed E-state index contributed by atoms with van der Waals surface area (Å²) in [6.45, 7) is 10.4. The number of allylic oxidation sites excluding steroid dienone is 2. The second-order valence-corrected chi connectivity index (χ2v) is 23.0. The molecule has 4 saturated carbocycles. The molecule has 67 heavy (non-hydrogen) atoms. The summed E-state index contributed by atoms with van der Waals surface area (Å²) >= 11 is 0. The first kappa shape index (κ1) is 50.0. The summed E-state index contributed by atoms with van der Waals surface area (Å²) in [6, 6.07) is 0. The summed E-state index contributed by atoms with van der Waals surface area (Å²) in [7, 11) is 0. The Hall–Kier alpha value is -1.96. The molecule has 4 aliphatic heterocycles. The molecule has 0 aromatic heterocycles. The van der Waals surface area contributed by atoms with Gasteiger partial charge in [0.15, 0.2) is 18.7 Å². The van der Waals surface area contributed by atoms with Crippen molar-refractivity contribution in [3.63, 3.8) is 0 Å². The highest BCUT2D eigenvalue weighted by atomic mass is 16.8. The van der Waals surface area contributed by atoms with Gasteiger partial charge in [-0.05, 0) is 97.7 Å². The monoisotopic (exact) mass is 956 g/mol. The van der Waals surface area contributed by atoms with Gasteiger partial charge in [-0.1, -0.05) is 46.3 Å². The number of carbonyl (C=O) groups excluding carboxylic acids is 2. The van der Waals surface area contributed by atoms with E-state index in [1.807, 2.05) is 0 Å². The lowest BCUT2D eigenvalue weighted by Gasteiger charge is -2.71. The highest BCUT2D eigenvalue weighted by Gasteiger charge is 2.77. The predicted molar refractivity (Wildman–Crippen MR) is 225 cm³/mol. The van der Waals surface area contributed by atoms with E-state index in [4.69, 9.17) is 33.2 Å². The average molecular weight is 957 g/mol. The molecule has 11 N–H and O–H groups in total. The smallest absolute Gasteiger partial charge is 0.317 e. The number of rotatable bonds is 8. The molecule has 0 aromatic rings. The van der Waals surface area contributed by atoms with Gasteiger partial charge in [0.1, 0.15) is 78.0 Å². The van der Waals surface area contributed by atoms with E-state index in [0.717, 1.165) is 5.57 Å². The fourth-order valence-electron chi connectivity index (χ4n) is 15.2. The molecule has 0 radical (unpaired) electrons. The van der Waals surface area contributed by atoms with Gasteiger partial charge >= 0.3 is 11.9 Å². The molecule has 20 nitrogen and oxygen atoms in total. The molecule has 0 spiro atoms. The number of aliphatic hydroxyl groups excluding tert-OH is 11. The number of ether oxygens (including phenoxy) is 7. The number of esters is 2. The first-order valence-corrected chi connectivity index (χ1v) is 24.1. The number of hydrogen-bond donors (Lipinski definition) is 11. The van der Waals surface area contributed by atoms with Crippen LogP contribution in [0.1, 0.15) is 92.9 Å². The molecule has 0 aromatic carbocycles. The van der Waals surface area contributed by atoms with E-state index in [-0.39, 0.29) is 24.2 Å². The van der Waals surface area contributed by atoms with Crippen LogP contribution < -0.4 is 0 Å². The second kappa shape index (κ2) is 17.1. The first-order chi connectivity index (χ1) is 31.4. The number of hydrogen-bond acceptors (Lipinski definition) is 20. The van der Waals surface area contributed by atoms with Crippen molar-refractivity contribution < 1.29 is 98.9 Å². The minimum absolute atomic E-state index is 0.131. The van der Waals surface area contributed by atoms with Crippen molar-refractivity contribution in [2.45, 2.75) is 197 Å². The van der Waals surface area contributed by atoms with Crippen LogP contribution in [0.3, 0.4) is 0 Å². The average Bonchev–Trinajstić information content (AvgIpc) is 3.47.